The summed E-state index contributed by atoms with van der Waals surface area (Å²) < 4.78 is 0. The maximum Gasteiger partial charge on any atom is 0.240 e. The highest BCUT2D eigenvalue weighted by molar-refractivity contribution is 5.84. The van der Waals surface area contributed by atoms with Crippen LogP contribution in [0.1, 0.15) is 65.2 Å². The first-order valence-corrected chi connectivity index (χ1v) is 10.7. The van der Waals surface area contributed by atoms with Crippen molar-refractivity contribution in [3.8, 4) is 0 Å². The molecular formula is C21H33N3O2. The Hall–Kier alpha value is -1.10. The summed E-state index contributed by atoms with van der Waals surface area (Å²) in [7, 11) is 0. The molecule has 3 unspecified atom stereocenters. The lowest BCUT2D eigenvalue weighted by Gasteiger charge is -2.63. The van der Waals surface area contributed by atoms with Crippen LogP contribution in [-0.2, 0) is 9.59 Å². The van der Waals surface area contributed by atoms with Gasteiger partial charge < -0.3 is 16.0 Å². The predicted octanol–water partition coefficient (Wildman–Crippen LogP) is 2.05. The molecule has 5 atom stereocenters. The van der Waals surface area contributed by atoms with Gasteiger partial charge in [-0.3, -0.25) is 9.59 Å². The molecule has 6 aliphatic rings. The topological polar surface area (TPSA) is 75.4 Å². The minimum Gasteiger partial charge on any atom is -0.350 e. The van der Waals surface area contributed by atoms with Crippen molar-refractivity contribution < 1.29 is 9.59 Å². The Morgan fingerprint density at radius 1 is 1.12 bits per heavy atom. The molecule has 3 N–H and O–H groups in total. The summed E-state index contributed by atoms with van der Waals surface area (Å²) in [6.45, 7) is 4.82. The average molecular weight is 360 g/mol. The van der Waals surface area contributed by atoms with Crippen molar-refractivity contribution in [1.29, 1.82) is 0 Å². The quantitative estimate of drug-likeness (QED) is 0.807. The molecule has 5 saturated carbocycles. The Morgan fingerprint density at radius 3 is 2.35 bits per heavy atom. The zero-order chi connectivity index (χ0) is 18.3. The molecular weight excluding hydrogens is 326 g/mol. The summed E-state index contributed by atoms with van der Waals surface area (Å²) in [4.78, 5) is 27.8. The first-order valence-electron chi connectivity index (χ1n) is 10.7. The van der Waals surface area contributed by atoms with Crippen molar-refractivity contribution >= 4 is 11.8 Å². The van der Waals surface area contributed by atoms with E-state index in [0.29, 0.717) is 17.9 Å². The van der Waals surface area contributed by atoms with E-state index in [1.165, 1.54) is 12.8 Å². The lowest BCUT2D eigenvalue weighted by Crippen LogP contribution is -2.68. The number of nitrogens with two attached hydrogens (primary N) is 1. The Bertz CT molecular complexity index is 631. The van der Waals surface area contributed by atoms with Crippen LogP contribution < -0.4 is 11.1 Å². The van der Waals surface area contributed by atoms with Gasteiger partial charge in [-0.2, -0.15) is 0 Å². The zero-order valence-electron chi connectivity index (χ0n) is 16.2. The molecule has 5 heteroatoms. The number of nitrogens with zero attached hydrogens (tertiary/aromatic N) is 1. The standard InChI is InChI=1S/C21H33N3O2/c1-12(2)18(25)23-21-9-13-5-14(10-21)8-20(7-13,11-21)17(22)19(26)24-4-3-15-6-16(15)24/h12-17H,3-11,22H2,1-2H3,(H,23,25)/t13?,14?,15-,16?,17-,20?,21?/m1/s1. The van der Waals surface area contributed by atoms with Gasteiger partial charge in [0.05, 0.1) is 6.04 Å². The van der Waals surface area contributed by atoms with Gasteiger partial charge in [0, 0.05) is 24.0 Å². The number of piperidine rings is 1. The van der Waals surface area contributed by atoms with Gasteiger partial charge in [-0.1, -0.05) is 13.8 Å². The number of fused-ring (bicyclic) bond motifs is 1. The van der Waals surface area contributed by atoms with Crippen molar-refractivity contribution in [2.45, 2.75) is 82.8 Å². The van der Waals surface area contributed by atoms with Gasteiger partial charge in [-0.15, -0.1) is 0 Å². The number of nitrogens with one attached hydrogen (secondary N) is 1. The molecule has 0 radical (unpaired) electrons. The van der Waals surface area contributed by atoms with Crippen molar-refractivity contribution in [2.75, 3.05) is 6.54 Å². The molecule has 5 aliphatic carbocycles. The van der Waals surface area contributed by atoms with E-state index in [1.807, 2.05) is 13.8 Å². The van der Waals surface area contributed by atoms with Crippen molar-refractivity contribution in [1.82, 2.24) is 10.2 Å². The highest BCUT2D eigenvalue weighted by atomic mass is 16.2. The van der Waals surface area contributed by atoms with Gasteiger partial charge in [0.2, 0.25) is 11.8 Å². The molecule has 0 aromatic rings. The molecule has 1 heterocycles. The van der Waals surface area contributed by atoms with Gasteiger partial charge in [-0.05, 0) is 74.5 Å². The van der Waals surface area contributed by atoms with E-state index in [1.54, 1.807) is 0 Å². The first kappa shape index (κ1) is 17.0. The molecule has 0 aromatic heterocycles. The number of amides is 2. The van der Waals surface area contributed by atoms with Gasteiger partial charge in [0.1, 0.15) is 0 Å². The summed E-state index contributed by atoms with van der Waals surface area (Å²) in [6, 6.07) is 0.0974. The van der Waals surface area contributed by atoms with Gasteiger partial charge in [0.15, 0.2) is 0 Å². The van der Waals surface area contributed by atoms with Gasteiger partial charge >= 0.3 is 0 Å². The fraction of sp³-hybridized carbons (Fsp3) is 0.905. The second-order valence-electron chi connectivity index (χ2n) is 10.6. The molecule has 1 saturated heterocycles. The van der Waals surface area contributed by atoms with Crippen LogP contribution in [0.5, 0.6) is 0 Å². The molecule has 6 fully saturated rings. The van der Waals surface area contributed by atoms with Gasteiger partial charge in [0.25, 0.3) is 0 Å². The maximum absolute atomic E-state index is 13.2. The van der Waals surface area contributed by atoms with Crippen LogP contribution in [0.4, 0.5) is 0 Å². The maximum atomic E-state index is 13.2. The lowest BCUT2D eigenvalue weighted by molar-refractivity contribution is -0.148. The predicted molar refractivity (Wildman–Crippen MR) is 99.0 cm³/mol. The summed E-state index contributed by atoms with van der Waals surface area (Å²) in [6.07, 6.45) is 8.84. The molecule has 4 bridgehead atoms. The third kappa shape index (κ3) is 2.45. The Kier molecular flexibility index (Phi) is 3.58. The van der Waals surface area contributed by atoms with Crippen LogP contribution in [-0.4, -0.2) is 40.9 Å². The smallest absolute Gasteiger partial charge is 0.240 e. The number of rotatable bonds is 4. The summed E-state index contributed by atoms with van der Waals surface area (Å²) in [5.41, 5.74) is 6.51. The average Bonchev–Trinajstić information content (AvgIpc) is 3.22. The third-order valence-corrected chi connectivity index (χ3v) is 8.25. The minimum absolute atomic E-state index is 0.00524. The first-order chi connectivity index (χ1) is 12.3. The minimum atomic E-state index is -0.386. The molecule has 26 heavy (non-hydrogen) atoms. The van der Waals surface area contributed by atoms with Crippen LogP contribution in [0.25, 0.3) is 0 Å². The van der Waals surface area contributed by atoms with Crippen molar-refractivity contribution in [3.63, 3.8) is 0 Å². The van der Waals surface area contributed by atoms with E-state index >= 15 is 0 Å². The van der Waals surface area contributed by atoms with Crippen LogP contribution in [0, 0.1) is 29.1 Å². The summed E-state index contributed by atoms with van der Waals surface area (Å²) in [5.74, 6) is 2.35. The molecule has 5 nitrogen and oxygen atoms in total. The number of likely N-dealkylation sites (tertiary alicyclic amines) is 1. The van der Waals surface area contributed by atoms with Crippen molar-refractivity contribution in [2.24, 2.45) is 34.8 Å². The zero-order valence-corrected chi connectivity index (χ0v) is 16.2. The SMILES string of the molecule is CC(C)C(=O)NC12CC3CC(C1)CC([C@H](N)C(=O)N1CC[C@@H]4CC41)(C3)C2. The molecule has 6 rings (SSSR count). The third-order valence-electron chi connectivity index (χ3n) is 8.25. The summed E-state index contributed by atoms with van der Waals surface area (Å²) in [5, 5.41) is 3.41. The fourth-order valence-corrected chi connectivity index (χ4v) is 7.36. The Labute approximate surface area is 156 Å². The van der Waals surface area contributed by atoms with Crippen molar-refractivity contribution in [3.05, 3.63) is 0 Å². The van der Waals surface area contributed by atoms with E-state index < -0.39 is 0 Å². The number of carbonyl (C=O) groups is 2. The second-order valence-corrected chi connectivity index (χ2v) is 10.6. The highest BCUT2D eigenvalue weighted by Crippen LogP contribution is 2.63. The van der Waals surface area contributed by atoms with Gasteiger partial charge in [-0.25, -0.2) is 0 Å². The normalized spacial score (nSPS) is 46.4. The van der Waals surface area contributed by atoms with Crippen LogP contribution >= 0.6 is 0 Å². The van der Waals surface area contributed by atoms with Crippen LogP contribution in [0.2, 0.25) is 0 Å². The fourth-order valence-electron chi connectivity index (χ4n) is 7.36. The van der Waals surface area contributed by atoms with E-state index in [0.717, 1.165) is 51.0 Å². The summed E-state index contributed by atoms with van der Waals surface area (Å²) >= 11 is 0. The lowest BCUT2D eigenvalue weighted by atomic mass is 9.45. The number of hydrogen-bond donors (Lipinski definition) is 2. The number of carbonyl (C=O) groups excluding carboxylic acids is 2. The molecule has 1 aliphatic heterocycles. The number of hydrogen-bond acceptors (Lipinski definition) is 3. The van der Waals surface area contributed by atoms with E-state index in [2.05, 4.69) is 10.2 Å². The monoisotopic (exact) mass is 359 g/mol. The van der Waals surface area contributed by atoms with E-state index in [9.17, 15) is 9.59 Å². The van der Waals surface area contributed by atoms with E-state index in [-0.39, 0.29) is 34.7 Å². The molecule has 0 spiro atoms. The molecule has 144 valence electrons. The van der Waals surface area contributed by atoms with E-state index in [4.69, 9.17) is 5.73 Å². The Balaban J connectivity index is 1.39. The van der Waals surface area contributed by atoms with Crippen LogP contribution in [0.15, 0.2) is 0 Å². The molecule has 2 amide bonds. The largest absolute Gasteiger partial charge is 0.350 e. The second kappa shape index (κ2) is 5.46. The Morgan fingerprint density at radius 2 is 1.81 bits per heavy atom. The molecule has 0 aromatic carbocycles. The highest BCUT2D eigenvalue weighted by Gasteiger charge is 2.62. The van der Waals surface area contributed by atoms with Crippen LogP contribution in [0.3, 0.4) is 0 Å².